The molecule has 0 rings (SSSR count). The Kier molecular flexibility index (Phi) is 11.9. The van der Waals surface area contributed by atoms with Crippen LogP contribution in [0.15, 0.2) is 24.3 Å². The van der Waals surface area contributed by atoms with Gasteiger partial charge in [0.1, 0.15) is 0 Å². The minimum absolute atomic E-state index is 0.0820. The summed E-state index contributed by atoms with van der Waals surface area (Å²) in [5.74, 6) is 2.37. The first kappa shape index (κ1) is 19.1. The van der Waals surface area contributed by atoms with E-state index in [1.807, 2.05) is 12.2 Å². The first-order valence-electron chi connectivity index (χ1n) is 6.39. The third-order valence-electron chi connectivity index (χ3n) is 2.68. The van der Waals surface area contributed by atoms with Gasteiger partial charge in [0.25, 0.3) is 0 Å². The molecule has 108 valence electrons. The largest absolute Gasteiger partial charge is 0.391 e. The number of alkyl halides is 3. The van der Waals surface area contributed by atoms with Crippen LogP contribution in [0.5, 0.6) is 0 Å². The Labute approximate surface area is 135 Å². The van der Waals surface area contributed by atoms with Crippen LogP contribution < -0.4 is 0 Å². The van der Waals surface area contributed by atoms with Crippen molar-refractivity contribution in [2.45, 2.75) is 54.3 Å². The second kappa shape index (κ2) is 11.9. The molecule has 1 nitrogen and oxygen atoms in total. The predicted octanol–water partition coefficient (Wildman–Crippen LogP) is 4.65. The van der Waals surface area contributed by atoms with E-state index in [2.05, 4.69) is 28.8 Å². The van der Waals surface area contributed by atoms with Gasteiger partial charge in [0.15, 0.2) is 0 Å². The van der Waals surface area contributed by atoms with E-state index in [0.717, 1.165) is 12.8 Å². The van der Waals surface area contributed by atoms with Crippen LogP contribution in [0.25, 0.3) is 0 Å². The van der Waals surface area contributed by atoms with E-state index in [0.29, 0.717) is 17.7 Å². The maximum absolute atomic E-state index is 9.76. The lowest BCUT2D eigenvalue weighted by atomic mass is 10.1. The molecule has 4 atom stereocenters. The monoisotopic (exact) mass is 366 g/mol. The number of rotatable bonds is 9. The fraction of sp³-hybridized carbons (Fsp3) is 0.600. The van der Waals surface area contributed by atoms with Crippen LogP contribution in [-0.2, 0) is 0 Å². The van der Waals surface area contributed by atoms with E-state index >= 15 is 0 Å². The lowest BCUT2D eigenvalue weighted by Crippen LogP contribution is -2.19. The molecule has 0 radical (unpaired) electrons. The Morgan fingerprint density at radius 1 is 1.16 bits per heavy atom. The number of halogens is 3. The molecule has 0 aliphatic heterocycles. The Balaban J connectivity index is 3.92. The van der Waals surface area contributed by atoms with Gasteiger partial charge in [-0.1, -0.05) is 47.0 Å². The SMILES string of the molecule is C#C/C=C\CC(O)C(Cl)C/C=C\CC(Cl)C(Br)CC. The summed E-state index contributed by atoms with van der Waals surface area (Å²) in [5, 5.41) is 9.53. The number of hydrogen-bond donors (Lipinski definition) is 1. The van der Waals surface area contributed by atoms with Crippen molar-refractivity contribution in [2.75, 3.05) is 0 Å². The van der Waals surface area contributed by atoms with Crippen molar-refractivity contribution < 1.29 is 5.11 Å². The van der Waals surface area contributed by atoms with E-state index in [1.165, 1.54) is 0 Å². The van der Waals surface area contributed by atoms with Gasteiger partial charge in [0.2, 0.25) is 0 Å². The Morgan fingerprint density at radius 2 is 1.74 bits per heavy atom. The predicted molar refractivity (Wildman–Crippen MR) is 89.3 cm³/mol. The summed E-state index contributed by atoms with van der Waals surface area (Å²) in [7, 11) is 0. The molecule has 0 aliphatic rings. The zero-order valence-corrected chi connectivity index (χ0v) is 14.2. The van der Waals surface area contributed by atoms with Gasteiger partial charge in [0, 0.05) is 10.2 Å². The highest BCUT2D eigenvalue weighted by atomic mass is 79.9. The summed E-state index contributed by atoms with van der Waals surface area (Å²) in [6.07, 6.45) is 14.7. The van der Waals surface area contributed by atoms with Crippen molar-refractivity contribution in [1.82, 2.24) is 0 Å². The molecule has 0 fully saturated rings. The van der Waals surface area contributed by atoms with Gasteiger partial charge >= 0.3 is 0 Å². The molecular formula is C15H21BrCl2O. The van der Waals surface area contributed by atoms with E-state index in [1.54, 1.807) is 12.2 Å². The third-order valence-corrected chi connectivity index (χ3v) is 5.22. The van der Waals surface area contributed by atoms with Crippen molar-refractivity contribution in [3.63, 3.8) is 0 Å². The molecule has 19 heavy (non-hydrogen) atoms. The molecule has 4 unspecified atom stereocenters. The molecule has 0 aromatic carbocycles. The molecular weight excluding hydrogens is 347 g/mol. The first-order valence-corrected chi connectivity index (χ1v) is 8.18. The summed E-state index contributed by atoms with van der Waals surface area (Å²) in [5.41, 5.74) is 0. The minimum atomic E-state index is -0.581. The van der Waals surface area contributed by atoms with Gasteiger partial charge in [-0.25, -0.2) is 0 Å². The van der Waals surface area contributed by atoms with Crippen molar-refractivity contribution in [1.29, 1.82) is 0 Å². The van der Waals surface area contributed by atoms with Crippen molar-refractivity contribution in [3.05, 3.63) is 24.3 Å². The molecule has 0 aromatic rings. The summed E-state index contributed by atoms with van der Waals surface area (Å²) in [6.45, 7) is 2.09. The van der Waals surface area contributed by atoms with Gasteiger partial charge in [0.05, 0.1) is 11.5 Å². The number of aliphatic hydroxyl groups excluding tert-OH is 1. The van der Waals surface area contributed by atoms with Crippen molar-refractivity contribution in [2.24, 2.45) is 0 Å². The normalized spacial score (nSPS) is 18.3. The average Bonchev–Trinajstić information content (AvgIpc) is 2.42. The van der Waals surface area contributed by atoms with Crippen LogP contribution >= 0.6 is 39.1 Å². The number of hydrogen-bond acceptors (Lipinski definition) is 1. The van der Waals surface area contributed by atoms with E-state index < -0.39 is 6.10 Å². The van der Waals surface area contributed by atoms with Gasteiger partial charge in [-0.2, -0.15) is 0 Å². The molecule has 4 heteroatoms. The molecule has 0 spiro atoms. The van der Waals surface area contributed by atoms with Gasteiger partial charge in [-0.05, 0) is 31.8 Å². The maximum atomic E-state index is 9.76. The van der Waals surface area contributed by atoms with Crippen LogP contribution in [0.1, 0.15) is 32.6 Å². The van der Waals surface area contributed by atoms with Crippen LogP contribution in [0.2, 0.25) is 0 Å². The average molecular weight is 368 g/mol. The highest BCUT2D eigenvalue weighted by Crippen LogP contribution is 2.19. The van der Waals surface area contributed by atoms with E-state index in [-0.39, 0.29) is 10.8 Å². The topological polar surface area (TPSA) is 20.2 Å². The molecule has 0 bridgehead atoms. The number of terminal acetylenes is 1. The standard InChI is InChI=1S/C15H21BrCl2O/c1-3-5-6-11-15(19)14(18)10-8-7-9-13(17)12(16)4-2/h1,5-8,12-15,19H,4,9-11H2,2H3/b6-5-,8-7-. The maximum Gasteiger partial charge on any atom is 0.0741 e. The van der Waals surface area contributed by atoms with Gasteiger partial charge in [-0.15, -0.1) is 29.6 Å². The number of aliphatic hydroxyl groups is 1. The highest BCUT2D eigenvalue weighted by Gasteiger charge is 2.14. The molecule has 0 aromatic heterocycles. The smallest absolute Gasteiger partial charge is 0.0741 e. The zero-order valence-electron chi connectivity index (χ0n) is 11.1. The zero-order chi connectivity index (χ0) is 14.7. The third kappa shape index (κ3) is 9.57. The Morgan fingerprint density at radius 3 is 2.26 bits per heavy atom. The van der Waals surface area contributed by atoms with Gasteiger partial charge in [-0.3, -0.25) is 0 Å². The summed E-state index contributed by atoms with van der Waals surface area (Å²) < 4.78 is 0. The quantitative estimate of drug-likeness (QED) is 0.357. The molecule has 0 saturated heterocycles. The van der Waals surface area contributed by atoms with Crippen LogP contribution in [0.3, 0.4) is 0 Å². The highest BCUT2D eigenvalue weighted by molar-refractivity contribution is 9.09. The van der Waals surface area contributed by atoms with E-state index in [4.69, 9.17) is 29.6 Å². The fourth-order valence-electron chi connectivity index (χ4n) is 1.44. The molecule has 1 N–H and O–H groups in total. The van der Waals surface area contributed by atoms with E-state index in [9.17, 15) is 5.11 Å². The first-order chi connectivity index (χ1) is 9.02. The second-order valence-electron chi connectivity index (χ2n) is 4.27. The molecule has 0 saturated carbocycles. The van der Waals surface area contributed by atoms with Crippen molar-refractivity contribution in [3.8, 4) is 12.3 Å². The van der Waals surface area contributed by atoms with Crippen LogP contribution in [0.4, 0.5) is 0 Å². The summed E-state index contributed by atoms with van der Waals surface area (Å²) >= 11 is 15.8. The fourth-order valence-corrected chi connectivity index (χ4v) is 2.14. The summed E-state index contributed by atoms with van der Waals surface area (Å²) in [6, 6.07) is 0. The van der Waals surface area contributed by atoms with Crippen LogP contribution in [-0.4, -0.2) is 26.8 Å². The molecule has 0 aliphatic carbocycles. The van der Waals surface area contributed by atoms with Crippen LogP contribution in [0, 0.1) is 12.3 Å². The molecule has 0 amide bonds. The van der Waals surface area contributed by atoms with Gasteiger partial charge < -0.3 is 5.11 Å². The lowest BCUT2D eigenvalue weighted by molar-refractivity contribution is 0.172. The lowest BCUT2D eigenvalue weighted by Gasteiger charge is -2.14. The Bertz CT molecular complexity index is 323. The number of allylic oxidation sites excluding steroid dienone is 3. The minimum Gasteiger partial charge on any atom is -0.391 e. The molecule has 0 heterocycles. The summed E-state index contributed by atoms with van der Waals surface area (Å²) in [4.78, 5) is 0.324. The second-order valence-corrected chi connectivity index (χ2v) is 6.57. The Hall–Kier alpha value is 0.0600. The van der Waals surface area contributed by atoms with Crippen molar-refractivity contribution >= 4 is 39.1 Å².